The van der Waals surface area contributed by atoms with E-state index in [2.05, 4.69) is 31.4 Å². The van der Waals surface area contributed by atoms with E-state index < -0.39 is 16.1 Å². The van der Waals surface area contributed by atoms with E-state index in [9.17, 15) is 18.0 Å². The van der Waals surface area contributed by atoms with E-state index in [1.54, 1.807) is 12.1 Å². The Kier molecular flexibility index (Phi) is 7.85. The molecule has 2 N–H and O–H groups in total. The summed E-state index contributed by atoms with van der Waals surface area (Å²) in [6, 6.07) is 12.5. The number of hydrogen-bond donors (Lipinski definition) is 2. The predicted octanol–water partition coefficient (Wildman–Crippen LogP) is 3.63. The van der Waals surface area contributed by atoms with Crippen LogP contribution in [-0.4, -0.2) is 44.7 Å². The summed E-state index contributed by atoms with van der Waals surface area (Å²) in [5.74, 6) is -0.851. The highest BCUT2D eigenvalue weighted by Gasteiger charge is 2.25. The first-order valence-corrected chi connectivity index (χ1v) is 11.9. The van der Waals surface area contributed by atoms with Crippen LogP contribution in [0, 0.1) is 5.92 Å². The van der Waals surface area contributed by atoms with Crippen molar-refractivity contribution in [1.29, 1.82) is 0 Å². The summed E-state index contributed by atoms with van der Waals surface area (Å²) < 4.78 is 25.5. The zero-order valence-corrected chi connectivity index (χ0v) is 20.6. The quantitative estimate of drug-likeness (QED) is 0.661. The minimum absolute atomic E-state index is 0.0171. The van der Waals surface area contributed by atoms with Crippen molar-refractivity contribution in [2.24, 2.45) is 5.92 Å². The Morgan fingerprint density at radius 2 is 1.44 bits per heavy atom. The van der Waals surface area contributed by atoms with Crippen LogP contribution in [0.3, 0.4) is 0 Å². The Hall–Kier alpha value is -2.71. The molecule has 0 saturated heterocycles. The average molecular weight is 460 g/mol. The number of nitrogens with zero attached hydrogens (tertiary/aromatic N) is 1. The summed E-state index contributed by atoms with van der Waals surface area (Å²) in [5.41, 5.74) is 2.03. The molecule has 0 saturated carbocycles. The van der Waals surface area contributed by atoms with Gasteiger partial charge < -0.3 is 10.6 Å². The monoisotopic (exact) mass is 459 g/mol. The van der Waals surface area contributed by atoms with Crippen LogP contribution in [0.5, 0.6) is 0 Å². The molecule has 2 amide bonds. The fourth-order valence-corrected chi connectivity index (χ4v) is 3.92. The minimum Gasteiger partial charge on any atom is -0.340 e. The Morgan fingerprint density at radius 3 is 1.88 bits per heavy atom. The van der Waals surface area contributed by atoms with Crippen LogP contribution in [0.15, 0.2) is 53.4 Å². The molecule has 0 fully saturated rings. The SMILES string of the molecule is CC(C)[C@H](NC(=O)c1ccc(C(C)(C)C)cc1)C(=O)Nc1ccc(S(=O)(=O)N(C)C)cc1. The molecular formula is C24H33N3O4S. The molecular weight excluding hydrogens is 426 g/mol. The summed E-state index contributed by atoms with van der Waals surface area (Å²) in [6.45, 7) is 10.00. The lowest BCUT2D eigenvalue weighted by atomic mass is 9.86. The second-order valence-corrected chi connectivity index (χ2v) is 11.5. The maximum atomic E-state index is 12.8. The first-order valence-electron chi connectivity index (χ1n) is 10.5. The molecule has 2 aromatic carbocycles. The molecule has 2 rings (SSSR count). The Bertz CT molecular complexity index is 1050. The number of carbonyl (C=O) groups is 2. The molecule has 7 nitrogen and oxygen atoms in total. The number of anilines is 1. The van der Waals surface area contributed by atoms with Crippen LogP contribution in [-0.2, 0) is 20.2 Å². The second-order valence-electron chi connectivity index (χ2n) is 9.32. The molecule has 8 heteroatoms. The maximum absolute atomic E-state index is 12.8. The number of amides is 2. The fourth-order valence-electron chi connectivity index (χ4n) is 3.02. The topological polar surface area (TPSA) is 95.6 Å². The minimum atomic E-state index is -3.55. The van der Waals surface area contributed by atoms with Crippen molar-refractivity contribution in [3.8, 4) is 0 Å². The lowest BCUT2D eigenvalue weighted by molar-refractivity contribution is -0.118. The molecule has 0 aliphatic carbocycles. The van der Waals surface area contributed by atoms with Crippen molar-refractivity contribution in [3.05, 3.63) is 59.7 Å². The van der Waals surface area contributed by atoms with Crippen LogP contribution in [0.4, 0.5) is 5.69 Å². The highest BCUT2D eigenvalue weighted by atomic mass is 32.2. The van der Waals surface area contributed by atoms with E-state index in [-0.39, 0.29) is 28.0 Å². The highest BCUT2D eigenvalue weighted by molar-refractivity contribution is 7.89. The van der Waals surface area contributed by atoms with Gasteiger partial charge in [-0.2, -0.15) is 0 Å². The first-order chi connectivity index (χ1) is 14.7. The number of benzene rings is 2. The van der Waals surface area contributed by atoms with Crippen LogP contribution < -0.4 is 10.6 Å². The Balaban J connectivity index is 2.12. The summed E-state index contributed by atoms with van der Waals surface area (Å²) in [5, 5.41) is 5.56. The van der Waals surface area contributed by atoms with Crippen LogP contribution >= 0.6 is 0 Å². The van der Waals surface area contributed by atoms with Crippen molar-refractivity contribution < 1.29 is 18.0 Å². The van der Waals surface area contributed by atoms with E-state index in [1.807, 2.05) is 26.0 Å². The van der Waals surface area contributed by atoms with Gasteiger partial charge in [-0.3, -0.25) is 9.59 Å². The highest BCUT2D eigenvalue weighted by Crippen LogP contribution is 2.22. The van der Waals surface area contributed by atoms with E-state index in [4.69, 9.17) is 0 Å². The van der Waals surface area contributed by atoms with Crippen molar-refractivity contribution in [2.75, 3.05) is 19.4 Å². The lowest BCUT2D eigenvalue weighted by Gasteiger charge is -2.22. The molecule has 2 aromatic rings. The molecule has 1 atom stereocenters. The van der Waals surface area contributed by atoms with E-state index >= 15 is 0 Å². The zero-order valence-electron chi connectivity index (χ0n) is 19.8. The normalized spacial score (nSPS) is 13.2. The lowest BCUT2D eigenvalue weighted by Crippen LogP contribution is -2.47. The molecule has 32 heavy (non-hydrogen) atoms. The Morgan fingerprint density at radius 1 is 0.906 bits per heavy atom. The van der Waals surface area contributed by atoms with Gasteiger partial charge in [0.25, 0.3) is 5.91 Å². The van der Waals surface area contributed by atoms with Gasteiger partial charge >= 0.3 is 0 Å². The van der Waals surface area contributed by atoms with Crippen molar-refractivity contribution in [3.63, 3.8) is 0 Å². The van der Waals surface area contributed by atoms with E-state index in [0.717, 1.165) is 9.87 Å². The molecule has 0 heterocycles. The Labute approximate surface area is 191 Å². The fraction of sp³-hybridized carbons (Fsp3) is 0.417. The molecule has 0 radical (unpaired) electrons. The number of hydrogen-bond acceptors (Lipinski definition) is 4. The smallest absolute Gasteiger partial charge is 0.251 e. The molecule has 0 bridgehead atoms. The van der Waals surface area contributed by atoms with Crippen LogP contribution in [0.25, 0.3) is 0 Å². The standard InChI is InChI=1S/C24H33N3O4S/c1-16(2)21(26-22(28)17-8-10-18(11-9-17)24(3,4)5)23(29)25-19-12-14-20(15-13-19)32(30,31)27(6)7/h8-16,21H,1-7H3,(H,25,29)(H,26,28)/t21-/m0/s1. The molecule has 174 valence electrons. The van der Waals surface area contributed by atoms with Crippen LogP contribution in [0.2, 0.25) is 0 Å². The first kappa shape index (κ1) is 25.5. The summed E-state index contributed by atoms with van der Waals surface area (Å²) >= 11 is 0. The molecule has 0 spiro atoms. The molecule has 0 aliphatic heterocycles. The van der Waals surface area contributed by atoms with Gasteiger partial charge in [0.15, 0.2) is 0 Å². The summed E-state index contributed by atoms with van der Waals surface area (Å²) in [7, 11) is -0.635. The number of nitrogens with one attached hydrogen (secondary N) is 2. The summed E-state index contributed by atoms with van der Waals surface area (Å²) in [6.07, 6.45) is 0. The van der Waals surface area contributed by atoms with Gasteiger partial charge in [0.1, 0.15) is 6.04 Å². The van der Waals surface area contributed by atoms with Gasteiger partial charge in [-0.05, 0) is 53.3 Å². The largest absolute Gasteiger partial charge is 0.340 e. The van der Waals surface area contributed by atoms with Gasteiger partial charge in [-0.25, -0.2) is 12.7 Å². The van der Waals surface area contributed by atoms with Gasteiger partial charge in [0, 0.05) is 25.3 Å². The van der Waals surface area contributed by atoms with Crippen molar-refractivity contribution in [2.45, 2.75) is 51.0 Å². The van der Waals surface area contributed by atoms with Gasteiger partial charge in [0.2, 0.25) is 15.9 Å². The molecule has 0 unspecified atom stereocenters. The molecule has 0 aliphatic rings. The van der Waals surface area contributed by atoms with E-state index in [1.165, 1.54) is 38.4 Å². The third kappa shape index (κ3) is 6.17. The van der Waals surface area contributed by atoms with E-state index in [0.29, 0.717) is 11.3 Å². The van der Waals surface area contributed by atoms with Crippen molar-refractivity contribution in [1.82, 2.24) is 9.62 Å². The van der Waals surface area contributed by atoms with Gasteiger partial charge in [0.05, 0.1) is 4.90 Å². The maximum Gasteiger partial charge on any atom is 0.251 e. The van der Waals surface area contributed by atoms with Gasteiger partial charge in [-0.15, -0.1) is 0 Å². The third-order valence-electron chi connectivity index (χ3n) is 5.15. The second kappa shape index (κ2) is 9.83. The number of sulfonamides is 1. The average Bonchev–Trinajstić information content (AvgIpc) is 2.71. The number of carbonyl (C=O) groups excluding carboxylic acids is 2. The van der Waals surface area contributed by atoms with Crippen LogP contribution in [0.1, 0.15) is 50.5 Å². The number of rotatable bonds is 7. The zero-order chi connectivity index (χ0) is 24.3. The van der Waals surface area contributed by atoms with Gasteiger partial charge in [-0.1, -0.05) is 46.8 Å². The third-order valence-corrected chi connectivity index (χ3v) is 6.98. The molecule has 0 aromatic heterocycles. The summed E-state index contributed by atoms with van der Waals surface area (Å²) in [4.78, 5) is 25.7. The predicted molar refractivity (Wildman–Crippen MR) is 127 cm³/mol. The van der Waals surface area contributed by atoms with Crippen molar-refractivity contribution >= 4 is 27.5 Å².